The summed E-state index contributed by atoms with van der Waals surface area (Å²) in [5.74, 6) is -2.36. The summed E-state index contributed by atoms with van der Waals surface area (Å²) in [6.07, 6.45) is 1.40. The number of rotatable bonds is 14. The van der Waals surface area contributed by atoms with Crippen LogP contribution in [0.4, 0.5) is 5.69 Å². The van der Waals surface area contributed by atoms with Crippen LogP contribution in [-0.2, 0) is 19.6 Å². The fourth-order valence-electron chi connectivity index (χ4n) is 4.58. The molecule has 0 fully saturated rings. The Kier molecular flexibility index (Phi) is 10.9. The zero-order chi connectivity index (χ0) is 29.4. The van der Waals surface area contributed by atoms with Crippen molar-refractivity contribution in [3.63, 3.8) is 0 Å². The molecule has 3 aromatic rings. The van der Waals surface area contributed by atoms with Crippen molar-refractivity contribution in [1.29, 1.82) is 0 Å². The topological polar surface area (TPSA) is 156 Å². The van der Waals surface area contributed by atoms with E-state index >= 15 is 0 Å². The Morgan fingerprint density at radius 3 is 2.35 bits per heavy atom. The van der Waals surface area contributed by atoms with Crippen molar-refractivity contribution in [2.45, 2.75) is 50.0 Å². The number of hydrogen-bond acceptors (Lipinski definition) is 6. The summed E-state index contributed by atoms with van der Waals surface area (Å²) in [4.78, 5) is 25.1. The number of carbonyl (C=O) groups is 2. The molecule has 0 aromatic heterocycles. The number of hydrogen-bond donors (Lipinski definition) is 4. The summed E-state index contributed by atoms with van der Waals surface area (Å²) in [5.41, 5.74) is 12.1. The number of nitrogens with one attached hydrogen (secondary N) is 1. The number of aliphatic hydroxyl groups is 1. The molecule has 3 aromatic carbocycles. The monoisotopic (exact) mass is 588 g/mol. The highest BCUT2D eigenvalue weighted by molar-refractivity contribution is 7.89. The van der Waals surface area contributed by atoms with Crippen LogP contribution >= 0.6 is 11.6 Å². The summed E-state index contributed by atoms with van der Waals surface area (Å²) in [7, 11) is -3.96. The summed E-state index contributed by atoms with van der Waals surface area (Å²) < 4.78 is 28.3. The van der Waals surface area contributed by atoms with Crippen molar-refractivity contribution < 1.29 is 23.1 Å². The number of benzene rings is 3. The molecule has 0 aliphatic heterocycles. The van der Waals surface area contributed by atoms with E-state index in [4.69, 9.17) is 23.1 Å². The molecule has 0 saturated carbocycles. The molecular weight excluding hydrogens is 552 g/mol. The zero-order valence-corrected chi connectivity index (χ0v) is 24.3. The minimum absolute atomic E-state index is 0.00393. The van der Waals surface area contributed by atoms with Crippen LogP contribution in [0.2, 0.25) is 5.02 Å². The Balaban J connectivity index is 1.63. The first-order valence-electron chi connectivity index (χ1n) is 13.2. The van der Waals surface area contributed by atoms with Gasteiger partial charge in [0.25, 0.3) is 0 Å². The number of carbonyl (C=O) groups excluding carboxylic acids is 2. The quantitative estimate of drug-likeness (QED) is 0.128. The second-order valence-electron chi connectivity index (χ2n) is 10.2. The minimum atomic E-state index is -3.96. The second-order valence-corrected chi connectivity index (χ2v) is 12.5. The molecule has 40 heavy (non-hydrogen) atoms. The maximum atomic E-state index is 13.5. The van der Waals surface area contributed by atoms with Gasteiger partial charge in [0.05, 0.1) is 22.2 Å². The van der Waals surface area contributed by atoms with Crippen LogP contribution in [0.3, 0.4) is 0 Å². The summed E-state index contributed by atoms with van der Waals surface area (Å²) in [6, 6.07) is 16.5. The molecule has 2 unspecified atom stereocenters. The van der Waals surface area contributed by atoms with Gasteiger partial charge in [0.1, 0.15) is 5.92 Å². The van der Waals surface area contributed by atoms with Crippen molar-refractivity contribution >= 4 is 49.9 Å². The highest BCUT2D eigenvalue weighted by Crippen LogP contribution is 2.28. The molecule has 0 saturated heterocycles. The Morgan fingerprint density at radius 2 is 1.73 bits per heavy atom. The fraction of sp³-hybridized carbons (Fsp3) is 0.379. The number of nitrogens with zero attached hydrogens (tertiary/aromatic N) is 1. The van der Waals surface area contributed by atoms with Crippen LogP contribution in [0.25, 0.3) is 10.8 Å². The molecule has 0 aliphatic carbocycles. The third-order valence-corrected chi connectivity index (χ3v) is 8.90. The molecule has 9 nitrogen and oxygen atoms in total. The van der Waals surface area contributed by atoms with Crippen molar-refractivity contribution in [3.8, 4) is 0 Å². The van der Waals surface area contributed by atoms with Crippen LogP contribution in [0, 0.1) is 5.92 Å². The zero-order valence-electron chi connectivity index (χ0n) is 22.7. The lowest BCUT2D eigenvalue weighted by Gasteiger charge is -2.31. The molecule has 0 bridgehead atoms. The molecule has 11 heteroatoms. The Labute approximate surface area is 240 Å². The molecule has 2 atom stereocenters. The van der Waals surface area contributed by atoms with Crippen LogP contribution in [-0.4, -0.2) is 55.4 Å². The van der Waals surface area contributed by atoms with Gasteiger partial charge in [-0.1, -0.05) is 68.3 Å². The smallest absolute Gasteiger partial charge is 0.243 e. The number of nitrogen functional groups attached to an aromatic ring is 1. The van der Waals surface area contributed by atoms with Crippen LogP contribution in [0.15, 0.2) is 65.6 Å². The predicted molar refractivity (Wildman–Crippen MR) is 158 cm³/mol. The van der Waals surface area contributed by atoms with Gasteiger partial charge in [-0.05, 0) is 59.4 Å². The van der Waals surface area contributed by atoms with Crippen LogP contribution in [0.5, 0.6) is 0 Å². The number of halogens is 1. The fourth-order valence-corrected chi connectivity index (χ4v) is 6.67. The van der Waals surface area contributed by atoms with Gasteiger partial charge >= 0.3 is 0 Å². The van der Waals surface area contributed by atoms with Gasteiger partial charge in [0, 0.05) is 19.1 Å². The van der Waals surface area contributed by atoms with E-state index < -0.39 is 33.8 Å². The highest BCUT2D eigenvalue weighted by Gasteiger charge is 2.32. The Hall–Kier alpha value is -3.18. The van der Waals surface area contributed by atoms with Gasteiger partial charge < -0.3 is 21.9 Å². The number of unbranched alkanes of at least 4 members (excludes halogenated alkanes) is 1. The average Bonchev–Trinajstić information content (AvgIpc) is 2.90. The van der Waals surface area contributed by atoms with Crippen molar-refractivity contribution in [2.75, 3.05) is 25.4 Å². The number of nitrogens with two attached hydrogens (primary N) is 2. The normalized spacial score (nSPS) is 13.4. The lowest BCUT2D eigenvalue weighted by molar-refractivity contribution is -0.129. The largest absolute Gasteiger partial charge is 0.398 e. The van der Waals surface area contributed by atoms with E-state index in [9.17, 15) is 23.1 Å². The predicted octanol–water partition coefficient (Wildman–Crippen LogP) is 3.64. The van der Waals surface area contributed by atoms with Gasteiger partial charge in [-0.15, -0.1) is 0 Å². The van der Waals surface area contributed by atoms with E-state index in [-0.39, 0.29) is 41.2 Å². The maximum Gasteiger partial charge on any atom is 0.243 e. The van der Waals surface area contributed by atoms with Crippen LogP contribution in [0.1, 0.15) is 44.6 Å². The molecule has 0 radical (unpaired) electrons. The molecule has 2 amide bonds. The summed E-state index contributed by atoms with van der Waals surface area (Å²) in [5, 5.41) is 14.9. The van der Waals surface area contributed by atoms with Crippen molar-refractivity contribution in [1.82, 2.24) is 9.62 Å². The summed E-state index contributed by atoms with van der Waals surface area (Å²) >= 11 is 6.07. The van der Waals surface area contributed by atoms with E-state index in [1.807, 2.05) is 44.2 Å². The van der Waals surface area contributed by atoms with Crippen molar-refractivity contribution in [3.05, 3.63) is 71.2 Å². The number of amides is 2. The molecule has 0 heterocycles. The van der Waals surface area contributed by atoms with Gasteiger partial charge in [-0.2, -0.15) is 4.31 Å². The minimum Gasteiger partial charge on any atom is -0.398 e. The second kappa shape index (κ2) is 13.9. The Morgan fingerprint density at radius 1 is 1.02 bits per heavy atom. The Bertz CT molecular complexity index is 1450. The van der Waals surface area contributed by atoms with Crippen molar-refractivity contribution in [2.24, 2.45) is 11.7 Å². The van der Waals surface area contributed by atoms with Gasteiger partial charge in [-0.3, -0.25) is 9.59 Å². The first-order valence-corrected chi connectivity index (χ1v) is 15.0. The molecular formula is C29H37ClN4O5S. The highest BCUT2D eigenvalue weighted by atomic mass is 35.5. The summed E-state index contributed by atoms with van der Waals surface area (Å²) in [6.45, 7) is 3.89. The number of primary amides is 1. The lowest BCUT2D eigenvalue weighted by atomic mass is 9.95. The van der Waals surface area contributed by atoms with E-state index in [0.29, 0.717) is 24.8 Å². The van der Waals surface area contributed by atoms with E-state index in [1.165, 1.54) is 22.5 Å². The van der Waals surface area contributed by atoms with Gasteiger partial charge in [-0.25, -0.2) is 8.42 Å². The molecule has 0 aliphatic rings. The third-order valence-electron chi connectivity index (χ3n) is 6.66. The number of anilines is 1. The first kappa shape index (κ1) is 31.3. The van der Waals surface area contributed by atoms with Gasteiger partial charge in [0.2, 0.25) is 21.8 Å². The number of sulfonamides is 1. The molecule has 216 valence electrons. The molecule has 6 N–H and O–H groups in total. The van der Waals surface area contributed by atoms with Crippen LogP contribution < -0.4 is 16.8 Å². The third kappa shape index (κ3) is 7.72. The molecule has 0 spiro atoms. The number of aliphatic hydroxyl groups excluding tert-OH is 1. The standard InChI is InChI=1S/C29H37ClN4O5S/c1-19(2)17-34(40(38,39)24-12-13-26(31)25(30)16-24)23(18-35)9-5-6-14-33-29(37)27(28(32)36)22-11-10-20-7-3-4-8-21(20)15-22/h3-4,7-8,10-13,15-16,19,23,27,35H,5-6,9,14,17-18,31H2,1-2H3,(H2,32,36)(H,33,37). The lowest BCUT2D eigenvalue weighted by Crippen LogP contribution is -2.44. The maximum absolute atomic E-state index is 13.5. The van der Waals surface area contributed by atoms with E-state index in [1.54, 1.807) is 12.1 Å². The first-order chi connectivity index (χ1) is 18.9. The average molecular weight is 589 g/mol. The van der Waals surface area contributed by atoms with Gasteiger partial charge in [0.15, 0.2) is 0 Å². The molecule has 3 rings (SSSR count). The SMILES string of the molecule is CC(C)CN(C(CO)CCCCNC(=O)C(C(N)=O)c1ccc2ccccc2c1)S(=O)(=O)c1ccc(N)c(Cl)c1. The van der Waals surface area contributed by atoms with E-state index in [2.05, 4.69) is 5.32 Å². The number of fused-ring (bicyclic) bond motifs is 1. The van der Waals surface area contributed by atoms with E-state index in [0.717, 1.165) is 10.8 Å².